The zero-order valence-electron chi connectivity index (χ0n) is 17.6. The summed E-state index contributed by atoms with van der Waals surface area (Å²) in [6, 6.07) is 18.2. The van der Waals surface area contributed by atoms with Gasteiger partial charge in [-0.3, -0.25) is 4.79 Å². The molecule has 162 valence electrons. The van der Waals surface area contributed by atoms with Crippen LogP contribution < -0.4 is 10.4 Å². The van der Waals surface area contributed by atoms with E-state index < -0.39 is 5.63 Å². The Hall–Kier alpha value is -3.87. The second kappa shape index (κ2) is 8.34. The van der Waals surface area contributed by atoms with Crippen molar-refractivity contribution in [3.8, 4) is 17.1 Å². The third-order valence-corrected chi connectivity index (χ3v) is 5.66. The van der Waals surface area contributed by atoms with Crippen LogP contribution in [0.4, 0.5) is 0 Å². The molecule has 0 bridgehead atoms. The fourth-order valence-electron chi connectivity index (χ4n) is 4.07. The molecule has 1 fully saturated rings. The number of hydrogen-bond donors (Lipinski definition) is 0. The van der Waals surface area contributed by atoms with Gasteiger partial charge in [-0.2, -0.15) is 0 Å². The van der Waals surface area contributed by atoms with Crippen molar-refractivity contribution in [3.63, 3.8) is 0 Å². The van der Waals surface area contributed by atoms with E-state index in [1.54, 1.807) is 19.1 Å². The highest BCUT2D eigenvalue weighted by Gasteiger charge is 2.25. The average molecular weight is 430 g/mol. The molecular weight excluding hydrogens is 408 g/mol. The molecule has 1 amide bonds. The number of fused-ring (bicyclic) bond motifs is 1. The predicted octanol–water partition coefficient (Wildman–Crippen LogP) is 4.44. The summed E-state index contributed by atoms with van der Waals surface area (Å²) in [5.74, 6) is 1.65. The van der Waals surface area contributed by atoms with E-state index in [0.29, 0.717) is 48.8 Å². The lowest BCUT2D eigenvalue weighted by Crippen LogP contribution is -2.41. The minimum absolute atomic E-state index is 0.0261. The Labute approximate surface area is 184 Å². The van der Waals surface area contributed by atoms with E-state index in [-0.39, 0.29) is 12.0 Å². The first kappa shape index (κ1) is 20.1. The summed E-state index contributed by atoms with van der Waals surface area (Å²) >= 11 is 0. The summed E-state index contributed by atoms with van der Waals surface area (Å²) in [6.45, 7) is 2.87. The number of amides is 1. The monoisotopic (exact) mass is 430 g/mol. The number of carbonyl (C=O) groups is 1. The first-order valence-corrected chi connectivity index (χ1v) is 10.6. The minimum Gasteiger partial charge on any atom is -0.490 e. The molecule has 0 saturated carbocycles. The highest BCUT2D eigenvalue weighted by Crippen LogP contribution is 2.30. The Morgan fingerprint density at radius 3 is 2.59 bits per heavy atom. The van der Waals surface area contributed by atoms with Crippen molar-refractivity contribution in [2.24, 2.45) is 0 Å². The summed E-state index contributed by atoms with van der Waals surface area (Å²) in [4.78, 5) is 26.5. The number of hydrogen-bond acceptors (Lipinski definition) is 6. The molecule has 0 unspecified atom stereocenters. The Kier molecular flexibility index (Phi) is 5.23. The average Bonchev–Trinajstić information content (AvgIpc) is 3.22. The number of carbonyl (C=O) groups excluding carboxylic acids is 1. The molecule has 0 spiro atoms. The fourth-order valence-corrected chi connectivity index (χ4v) is 4.07. The van der Waals surface area contributed by atoms with Crippen LogP contribution >= 0.6 is 0 Å². The molecule has 7 nitrogen and oxygen atoms in total. The molecule has 4 aromatic rings. The lowest BCUT2D eigenvalue weighted by Gasteiger charge is -2.32. The standard InChI is InChI=1S/C25H22N2O5/c1-16-13-20(15-23(28)30-16)31-19-9-11-27(12-10-19)25(29)18-7-8-22-21(14-18)24(32-26-22)17-5-3-2-4-6-17/h2-8,13-15,19H,9-12H2,1H3. The Balaban J connectivity index is 1.29. The van der Waals surface area contributed by atoms with Crippen LogP contribution in [-0.4, -0.2) is 35.2 Å². The van der Waals surface area contributed by atoms with Gasteiger partial charge in [0, 0.05) is 43.1 Å². The van der Waals surface area contributed by atoms with Crippen molar-refractivity contribution in [3.05, 3.63) is 82.4 Å². The second-order valence-electron chi connectivity index (χ2n) is 7.94. The molecule has 5 rings (SSSR count). The number of benzene rings is 2. The van der Waals surface area contributed by atoms with Crippen LogP contribution in [0.15, 0.2) is 74.4 Å². The highest BCUT2D eigenvalue weighted by molar-refractivity contribution is 6.01. The van der Waals surface area contributed by atoms with Crippen LogP contribution in [0.3, 0.4) is 0 Å². The number of ether oxygens (including phenoxy) is 1. The molecule has 1 saturated heterocycles. The van der Waals surface area contributed by atoms with Gasteiger partial charge >= 0.3 is 5.63 Å². The maximum Gasteiger partial charge on any atom is 0.339 e. The van der Waals surface area contributed by atoms with Crippen LogP contribution in [0.2, 0.25) is 0 Å². The second-order valence-corrected chi connectivity index (χ2v) is 7.94. The maximum absolute atomic E-state index is 13.1. The lowest BCUT2D eigenvalue weighted by atomic mass is 10.0. The fraction of sp³-hybridized carbons (Fsp3) is 0.240. The van der Waals surface area contributed by atoms with Crippen LogP contribution in [0.25, 0.3) is 22.2 Å². The maximum atomic E-state index is 13.1. The van der Waals surface area contributed by atoms with E-state index >= 15 is 0 Å². The highest BCUT2D eigenvalue weighted by atomic mass is 16.5. The molecule has 7 heteroatoms. The zero-order chi connectivity index (χ0) is 22.1. The first-order chi connectivity index (χ1) is 15.6. The number of likely N-dealkylation sites (tertiary alicyclic amines) is 1. The summed E-state index contributed by atoms with van der Waals surface area (Å²) in [7, 11) is 0. The molecular formula is C25H22N2O5. The van der Waals surface area contributed by atoms with Crippen LogP contribution in [-0.2, 0) is 0 Å². The number of piperidine rings is 1. The lowest BCUT2D eigenvalue weighted by molar-refractivity contribution is 0.0594. The molecule has 32 heavy (non-hydrogen) atoms. The van der Waals surface area contributed by atoms with Crippen molar-refractivity contribution >= 4 is 16.8 Å². The zero-order valence-corrected chi connectivity index (χ0v) is 17.6. The van der Waals surface area contributed by atoms with Gasteiger partial charge in [-0.1, -0.05) is 35.5 Å². The molecule has 0 atom stereocenters. The van der Waals surface area contributed by atoms with Crippen molar-refractivity contribution in [2.75, 3.05) is 13.1 Å². The molecule has 3 heterocycles. The predicted molar refractivity (Wildman–Crippen MR) is 119 cm³/mol. The molecule has 1 aliphatic rings. The van der Waals surface area contributed by atoms with Gasteiger partial charge in [-0.25, -0.2) is 4.79 Å². The van der Waals surface area contributed by atoms with E-state index in [9.17, 15) is 9.59 Å². The Bertz CT molecular complexity index is 1320. The summed E-state index contributed by atoms with van der Waals surface area (Å²) in [5.41, 5.74) is 1.82. The van der Waals surface area contributed by atoms with E-state index in [1.165, 1.54) is 6.07 Å². The van der Waals surface area contributed by atoms with Crippen molar-refractivity contribution in [2.45, 2.75) is 25.9 Å². The summed E-state index contributed by atoms with van der Waals surface area (Å²) in [6.07, 6.45) is 1.33. The summed E-state index contributed by atoms with van der Waals surface area (Å²) in [5, 5.41) is 4.94. The summed E-state index contributed by atoms with van der Waals surface area (Å²) < 4.78 is 16.5. The molecule has 0 radical (unpaired) electrons. The first-order valence-electron chi connectivity index (χ1n) is 10.6. The van der Waals surface area contributed by atoms with Gasteiger partial charge in [-0.05, 0) is 25.1 Å². The molecule has 1 aliphatic heterocycles. The van der Waals surface area contributed by atoms with Gasteiger partial charge in [0.05, 0.1) is 11.5 Å². The SMILES string of the molecule is Cc1cc(OC2CCN(C(=O)c3ccc4noc(-c5ccccc5)c4c3)CC2)cc(=O)o1. The number of nitrogens with zero attached hydrogens (tertiary/aromatic N) is 2. The Morgan fingerprint density at radius 2 is 1.84 bits per heavy atom. The van der Waals surface area contributed by atoms with Crippen molar-refractivity contribution in [1.82, 2.24) is 10.1 Å². The molecule has 2 aromatic heterocycles. The number of aromatic nitrogens is 1. The molecule has 0 aliphatic carbocycles. The van der Waals surface area contributed by atoms with E-state index in [2.05, 4.69) is 5.16 Å². The topological polar surface area (TPSA) is 85.8 Å². The molecule has 2 aromatic carbocycles. The van der Waals surface area contributed by atoms with Crippen molar-refractivity contribution in [1.29, 1.82) is 0 Å². The third kappa shape index (κ3) is 4.01. The van der Waals surface area contributed by atoms with Crippen LogP contribution in [0, 0.1) is 6.92 Å². The van der Waals surface area contributed by atoms with Gasteiger partial charge in [0.1, 0.15) is 23.1 Å². The minimum atomic E-state index is -0.424. The van der Waals surface area contributed by atoms with Crippen LogP contribution in [0.5, 0.6) is 5.75 Å². The van der Waals surface area contributed by atoms with Gasteiger partial charge in [0.25, 0.3) is 5.91 Å². The Morgan fingerprint density at radius 1 is 1.06 bits per heavy atom. The molecule has 0 N–H and O–H groups in total. The normalized spacial score (nSPS) is 14.6. The van der Waals surface area contributed by atoms with Crippen molar-refractivity contribution < 1.29 is 18.5 Å². The third-order valence-electron chi connectivity index (χ3n) is 5.66. The van der Waals surface area contributed by atoms with Crippen LogP contribution in [0.1, 0.15) is 29.0 Å². The smallest absolute Gasteiger partial charge is 0.339 e. The van der Waals surface area contributed by atoms with E-state index in [1.807, 2.05) is 47.4 Å². The van der Waals surface area contributed by atoms with E-state index in [0.717, 1.165) is 16.5 Å². The van der Waals surface area contributed by atoms with Gasteiger partial charge < -0.3 is 18.6 Å². The van der Waals surface area contributed by atoms with E-state index in [4.69, 9.17) is 13.7 Å². The number of rotatable bonds is 4. The van der Waals surface area contributed by atoms with Gasteiger partial charge in [0.15, 0.2) is 5.76 Å². The van der Waals surface area contributed by atoms with Gasteiger partial charge in [-0.15, -0.1) is 0 Å². The quantitative estimate of drug-likeness (QED) is 0.476. The van der Waals surface area contributed by atoms with Gasteiger partial charge in [0.2, 0.25) is 0 Å². The largest absolute Gasteiger partial charge is 0.490 e. The number of aryl methyl sites for hydroxylation is 1.